The van der Waals surface area contributed by atoms with Gasteiger partial charge in [-0.15, -0.1) is 0 Å². The van der Waals surface area contributed by atoms with Crippen molar-refractivity contribution in [2.45, 2.75) is 32.2 Å². The normalized spacial score (nSPS) is 19.5. The number of benzene rings is 1. The number of likely N-dealkylation sites (tertiary alicyclic amines) is 1. The van der Waals surface area contributed by atoms with E-state index in [1.54, 1.807) is 0 Å². The van der Waals surface area contributed by atoms with Crippen LogP contribution in [0.5, 0.6) is 0 Å². The smallest absolute Gasteiger partial charge is 0.0637 e. The van der Waals surface area contributed by atoms with Crippen molar-refractivity contribution in [3.8, 4) is 0 Å². The zero-order valence-electron chi connectivity index (χ0n) is 10.7. The van der Waals surface area contributed by atoms with Crippen LogP contribution in [0.1, 0.15) is 26.7 Å². The van der Waals surface area contributed by atoms with Gasteiger partial charge in [0.05, 0.1) is 10.7 Å². The number of halogens is 1. The molecule has 94 valence electrons. The van der Waals surface area contributed by atoms with Crippen LogP contribution in [0.25, 0.3) is 0 Å². The zero-order valence-corrected chi connectivity index (χ0v) is 11.4. The van der Waals surface area contributed by atoms with Crippen LogP contribution in [0, 0.1) is 0 Å². The molecule has 0 saturated carbocycles. The monoisotopic (exact) mass is 252 g/mol. The molecule has 0 atom stereocenters. The number of para-hydroxylation sites is 1. The molecule has 3 heteroatoms. The zero-order chi connectivity index (χ0) is 12.3. The standard InChI is InChI=1S/C14H21ClN2/c1-14(2)8-5-10-17(14)11-9-16-13-7-4-3-6-12(13)15/h3-4,6-7,16H,5,8-11H2,1-2H3. The molecule has 0 unspecified atom stereocenters. The highest BCUT2D eigenvalue weighted by molar-refractivity contribution is 6.33. The van der Waals surface area contributed by atoms with E-state index >= 15 is 0 Å². The van der Waals surface area contributed by atoms with Crippen molar-refractivity contribution in [2.75, 3.05) is 25.0 Å². The summed E-state index contributed by atoms with van der Waals surface area (Å²) in [6.45, 7) is 7.91. The molecule has 1 aliphatic heterocycles. The lowest BCUT2D eigenvalue weighted by Crippen LogP contribution is -2.40. The van der Waals surface area contributed by atoms with Crippen LogP contribution >= 0.6 is 11.6 Å². The van der Waals surface area contributed by atoms with E-state index in [0.717, 1.165) is 23.8 Å². The number of anilines is 1. The SMILES string of the molecule is CC1(C)CCCN1CCNc1ccccc1Cl. The van der Waals surface area contributed by atoms with E-state index in [-0.39, 0.29) is 0 Å². The molecular weight excluding hydrogens is 232 g/mol. The predicted octanol–water partition coefficient (Wildman–Crippen LogP) is 3.63. The van der Waals surface area contributed by atoms with Gasteiger partial charge >= 0.3 is 0 Å². The molecule has 1 aromatic carbocycles. The van der Waals surface area contributed by atoms with Gasteiger partial charge in [0.25, 0.3) is 0 Å². The van der Waals surface area contributed by atoms with Crippen LogP contribution in [0.4, 0.5) is 5.69 Å². The highest BCUT2D eigenvalue weighted by Gasteiger charge is 2.30. The Bertz CT molecular complexity index is 376. The summed E-state index contributed by atoms with van der Waals surface area (Å²) in [4.78, 5) is 2.55. The van der Waals surface area contributed by atoms with E-state index in [9.17, 15) is 0 Å². The Morgan fingerprint density at radius 1 is 1.35 bits per heavy atom. The van der Waals surface area contributed by atoms with Crippen LogP contribution in [-0.4, -0.2) is 30.1 Å². The Labute approximate surface area is 109 Å². The Morgan fingerprint density at radius 2 is 2.12 bits per heavy atom. The lowest BCUT2D eigenvalue weighted by atomic mass is 10.0. The molecule has 2 nitrogen and oxygen atoms in total. The van der Waals surface area contributed by atoms with Crippen molar-refractivity contribution >= 4 is 17.3 Å². The van der Waals surface area contributed by atoms with Gasteiger partial charge in [0.15, 0.2) is 0 Å². The lowest BCUT2D eigenvalue weighted by molar-refractivity contribution is 0.182. The summed E-state index contributed by atoms with van der Waals surface area (Å²) in [6, 6.07) is 7.91. The first-order valence-corrected chi connectivity index (χ1v) is 6.71. The molecule has 0 bridgehead atoms. The second-order valence-electron chi connectivity index (χ2n) is 5.31. The van der Waals surface area contributed by atoms with Crippen LogP contribution in [0.3, 0.4) is 0 Å². The lowest BCUT2D eigenvalue weighted by Gasteiger charge is -2.31. The van der Waals surface area contributed by atoms with E-state index in [1.165, 1.54) is 19.4 Å². The maximum Gasteiger partial charge on any atom is 0.0637 e. The highest BCUT2D eigenvalue weighted by atomic mass is 35.5. The van der Waals surface area contributed by atoms with E-state index in [2.05, 4.69) is 24.1 Å². The molecule has 1 aromatic rings. The van der Waals surface area contributed by atoms with Gasteiger partial charge in [0.2, 0.25) is 0 Å². The van der Waals surface area contributed by atoms with Crippen molar-refractivity contribution in [3.05, 3.63) is 29.3 Å². The molecule has 1 fully saturated rings. The Kier molecular flexibility index (Phi) is 3.95. The van der Waals surface area contributed by atoms with Gasteiger partial charge < -0.3 is 5.32 Å². The number of nitrogens with one attached hydrogen (secondary N) is 1. The second-order valence-corrected chi connectivity index (χ2v) is 5.72. The molecule has 0 radical (unpaired) electrons. The summed E-state index contributed by atoms with van der Waals surface area (Å²) in [7, 11) is 0. The first-order chi connectivity index (χ1) is 8.09. The maximum absolute atomic E-state index is 6.10. The third-order valence-corrected chi connectivity index (χ3v) is 3.97. The highest BCUT2D eigenvalue weighted by Crippen LogP contribution is 2.27. The van der Waals surface area contributed by atoms with Gasteiger partial charge in [-0.05, 0) is 45.4 Å². The summed E-state index contributed by atoms with van der Waals surface area (Å²) in [5.74, 6) is 0. The van der Waals surface area contributed by atoms with Gasteiger partial charge in [-0.1, -0.05) is 23.7 Å². The fourth-order valence-corrected chi connectivity index (χ4v) is 2.71. The fraction of sp³-hybridized carbons (Fsp3) is 0.571. The van der Waals surface area contributed by atoms with Gasteiger partial charge in [-0.3, -0.25) is 4.90 Å². The van der Waals surface area contributed by atoms with Crippen LogP contribution in [0.15, 0.2) is 24.3 Å². The van der Waals surface area contributed by atoms with Gasteiger partial charge in [0.1, 0.15) is 0 Å². The molecule has 2 rings (SSSR count). The van der Waals surface area contributed by atoms with Gasteiger partial charge in [0, 0.05) is 18.6 Å². The van der Waals surface area contributed by atoms with Crippen molar-refractivity contribution < 1.29 is 0 Å². The molecule has 0 amide bonds. The third-order valence-electron chi connectivity index (χ3n) is 3.64. The number of hydrogen-bond acceptors (Lipinski definition) is 2. The minimum absolute atomic E-state index is 0.363. The largest absolute Gasteiger partial charge is 0.383 e. The van der Waals surface area contributed by atoms with E-state index in [4.69, 9.17) is 11.6 Å². The van der Waals surface area contributed by atoms with Crippen molar-refractivity contribution in [1.82, 2.24) is 4.90 Å². The number of rotatable bonds is 4. The maximum atomic E-state index is 6.10. The molecule has 1 aliphatic rings. The molecular formula is C14H21ClN2. The first-order valence-electron chi connectivity index (χ1n) is 6.33. The topological polar surface area (TPSA) is 15.3 Å². The van der Waals surface area contributed by atoms with Crippen molar-refractivity contribution in [2.24, 2.45) is 0 Å². The van der Waals surface area contributed by atoms with E-state index in [0.29, 0.717) is 5.54 Å². The molecule has 1 heterocycles. The average molecular weight is 253 g/mol. The molecule has 1 N–H and O–H groups in total. The minimum atomic E-state index is 0.363. The molecule has 0 aliphatic carbocycles. The van der Waals surface area contributed by atoms with Crippen LogP contribution in [0.2, 0.25) is 5.02 Å². The summed E-state index contributed by atoms with van der Waals surface area (Å²) >= 11 is 6.10. The van der Waals surface area contributed by atoms with Gasteiger partial charge in [-0.25, -0.2) is 0 Å². The molecule has 0 spiro atoms. The van der Waals surface area contributed by atoms with E-state index in [1.807, 2.05) is 24.3 Å². The molecule has 1 saturated heterocycles. The quantitative estimate of drug-likeness (QED) is 0.881. The summed E-state index contributed by atoms with van der Waals surface area (Å²) in [5, 5.41) is 4.20. The Morgan fingerprint density at radius 3 is 2.76 bits per heavy atom. The molecule has 17 heavy (non-hydrogen) atoms. The first kappa shape index (κ1) is 12.7. The summed E-state index contributed by atoms with van der Waals surface area (Å²) in [6.07, 6.45) is 2.62. The second kappa shape index (κ2) is 5.28. The van der Waals surface area contributed by atoms with E-state index < -0.39 is 0 Å². The van der Waals surface area contributed by atoms with Crippen molar-refractivity contribution in [3.63, 3.8) is 0 Å². The minimum Gasteiger partial charge on any atom is -0.383 e. The van der Waals surface area contributed by atoms with Crippen LogP contribution in [-0.2, 0) is 0 Å². The van der Waals surface area contributed by atoms with Crippen LogP contribution < -0.4 is 5.32 Å². The molecule has 0 aromatic heterocycles. The average Bonchev–Trinajstić information content (AvgIpc) is 2.61. The predicted molar refractivity (Wildman–Crippen MR) is 74.8 cm³/mol. The Hall–Kier alpha value is -0.730. The summed E-state index contributed by atoms with van der Waals surface area (Å²) in [5.41, 5.74) is 1.40. The fourth-order valence-electron chi connectivity index (χ4n) is 2.51. The third kappa shape index (κ3) is 3.14. The number of hydrogen-bond donors (Lipinski definition) is 1. The summed E-state index contributed by atoms with van der Waals surface area (Å²) < 4.78 is 0. The Balaban J connectivity index is 1.82. The van der Waals surface area contributed by atoms with Crippen molar-refractivity contribution in [1.29, 1.82) is 0 Å². The van der Waals surface area contributed by atoms with Gasteiger partial charge in [-0.2, -0.15) is 0 Å². The number of nitrogens with zero attached hydrogens (tertiary/aromatic N) is 1.